The molecule has 2 aliphatic heterocycles. The molecule has 0 aromatic carbocycles. The number of rotatable bonds is 4. The first kappa shape index (κ1) is 20.2. The van der Waals surface area contributed by atoms with Crippen molar-refractivity contribution in [3.63, 3.8) is 0 Å². The lowest BCUT2D eigenvalue weighted by molar-refractivity contribution is -0.121. The van der Waals surface area contributed by atoms with E-state index < -0.39 is 0 Å². The van der Waals surface area contributed by atoms with E-state index in [-0.39, 0.29) is 49.1 Å². The summed E-state index contributed by atoms with van der Waals surface area (Å²) in [5.41, 5.74) is 0.746. The van der Waals surface area contributed by atoms with Gasteiger partial charge < -0.3 is 10.6 Å². The zero-order valence-corrected chi connectivity index (χ0v) is 15.2. The molecule has 2 amide bonds. The highest BCUT2D eigenvalue weighted by atomic mass is 35.5. The topological polar surface area (TPSA) is 74.3 Å². The molecule has 23 heavy (non-hydrogen) atoms. The molecule has 1 atom stereocenters. The Morgan fingerprint density at radius 2 is 2.26 bits per heavy atom. The summed E-state index contributed by atoms with van der Waals surface area (Å²) in [5, 5.41) is 8.91. The highest BCUT2D eigenvalue weighted by molar-refractivity contribution is 7.14. The molecule has 1 aromatic heterocycles. The predicted octanol–water partition coefficient (Wildman–Crippen LogP) is 1.52. The van der Waals surface area contributed by atoms with Crippen LogP contribution in [0.15, 0.2) is 5.38 Å². The van der Waals surface area contributed by atoms with Gasteiger partial charge >= 0.3 is 0 Å². The number of hydrogen-bond acceptors (Lipinski definition) is 5. The van der Waals surface area contributed by atoms with Crippen LogP contribution in [0.2, 0.25) is 0 Å². The van der Waals surface area contributed by atoms with E-state index in [9.17, 15) is 9.59 Å². The molecule has 0 saturated carbocycles. The van der Waals surface area contributed by atoms with Crippen LogP contribution in [0.25, 0.3) is 0 Å². The van der Waals surface area contributed by atoms with Gasteiger partial charge in [-0.05, 0) is 25.8 Å². The molecule has 3 heterocycles. The third-order valence-electron chi connectivity index (χ3n) is 3.85. The molecule has 2 aliphatic rings. The highest BCUT2D eigenvalue weighted by Crippen LogP contribution is 2.25. The quantitative estimate of drug-likeness (QED) is 0.830. The maximum atomic E-state index is 12.0. The highest BCUT2D eigenvalue weighted by Gasteiger charge is 2.24. The van der Waals surface area contributed by atoms with Gasteiger partial charge in [0, 0.05) is 30.9 Å². The average molecular weight is 381 g/mol. The first-order valence-corrected chi connectivity index (χ1v) is 8.35. The van der Waals surface area contributed by atoms with Gasteiger partial charge in [-0.1, -0.05) is 0 Å². The van der Waals surface area contributed by atoms with Gasteiger partial charge in [0.25, 0.3) is 0 Å². The molecule has 0 aliphatic carbocycles. The average Bonchev–Trinajstić information content (AvgIpc) is 3.08. The SMILES string of the molecule is Cl.Cl.O=C(Cc1csc(N2CCCC2=O)n1)NC1CCCNC1. The summed E-state index contributed by atoms with van der Waals surface area (Å²) in [5.74, 6) is 0.141. The van der Waals surface area contributed by atoms with E-state index in [1.54, 1.807) is 4.90 Å². The van der Waals surface area contributed by atoms with Crippen molar-refractivity contribution in [1.82, 2.24) is 15.6 Å². The van der Waals surface area contributed by atoms with E-state index in [4.69, 9.17) is 0 Å². The van der Waals surface area contributed by atoms with Gasteiger partial charge in [-0.3, -0.25) is 14.5 Å². The fourth-order valence-electron chi connectivity index (χ4n) is 2.77. The van der Waals surface area contributed by atoms with Crippen molar-refractivity contribution >= 4 is 53.1 Å². The molecule has 3 rings (SSSR count). The van der Waals surface area contributed by atoms with Gasteiger partial charge in [0.05, 0.1) is 12.1 Å². The third kappa shape index (κ3) is 5.31. The summed E-state index contributed by atoms with van der Waals surface area (Å²) in [4.78, 5) is 29.8. The van der Waals surface area contributed by atoms with Crippen molar-refractivity contribution < 1.29 is 9.59 Å². The van der Waals surface area contributed by atoms with Crippen molar-refractivity contribution in [1.29, 1.82) is 0 Å². The smallest absolute Gasteiger partial charge is 0.228 e. The Hall–Kier alpha value is -0.890. The third-order valence-corrected chi connectivity index (χ3v) is 4.76. The lowest BCUT2D eigenvalue weighted by atomic mass is 10.1. The number of carbonyl (C=O) groups is 2. The number of halogens is 2. The van der Waals surface area contributed by atoms with Crippen molar-refractivity contribution in [2.75, 3.05) is 24.5 Å². The fourth-order valence-corrected chi connectivity index (χ4v) is 3.64. The van der Waals surface area contributed by atoms with Crippen molar-refractivity contribution in [3.8, 4) is 0 Å². The van der Waals surface area contributed by atoms with Crippen LogP contribution in [0.3, 0.4) is 0 Å². The minimum atomic E-state index is 0. The number of piperidine rings is 1. The van der Waals surface area contributed by atoms with Crippen LogP contribution in [-0.4, -0.2) is 42.5 Å². The van der Waals surface area contributed by atoms with Gasteiger partial charge in [-0.25, -0.2) is 4.98 Å². The number of thiazole rings is 1. The normalized spacial score (nSPS) is 20.6. The van der Waals surface area contributed by atoms with E-state index >= 15 is 0 Å². The van der Waals surface area contributed by atoms with Gasteiger partial charge in [0.15, 0.2) is 5.13 Å². The number of amides is 2. The summed E-state index contributed by atoms with van der Waals surface area (Å²) in [6, 6.07) is 0.226. The van der Waals surface area contributed by atoms with E-state index in [0.717, 1.165) is 49.7 Å². The Morgan fingerprint density at radius 1 is 1.43 bits per heavy atom. The van der Waals surface area contributed by atoms with Crippen LogP contribution in [0, 0.1) is 0 Å². The summed E-state index contributed by atoms with van der Waals surface area (Å²) < 4.78 is 0. The van der Waals surface area contributed by atoms with Crippen molar-refractivity contribution in [2.24, 2.45) is 0 Å². The van der Waals surface area contributed by atoms with Crippen LogP contribution in [0.1, 0.15) is 31.4 Å². The monoisotopic (exact) mass is 380 g/mol. The second-order valence-corrected chi connectivity index (χ2v) is 6.39. The van der Waals surface area contributed by atoms with Crippen LogP contribution < -0.4 is 15.5 Å². The molecular weight excluding hydrogens is 359 g/mol. The number of aromatic nitrogens is 1. The molecule has 0 spiro atoms. The lowest BCUT2D eigenvalue weighted by Crippen LogP contribution is -2.46. The number of nitrogens with zero attached hydrogens (tertiary/aromatic N) is 2. The first-order valence-electron chi connectivity index (χ1n) is 7.47. The van der Waals surface area contributed by atoms with Gasteiger partial charge in [0.2, 0.25) is 11.8 Å². The molecule has 2 saturated heterocycles. The van der Waals surface area contributed by atoms with Gasteiger partial charge in [-0.15, -0.1) is 36.2 Å². The molecule has 2 fully saturated rings. The Labute approximate surface area is 152 Å². The Morgan fingerprint density at radius 3 is 2.91 bits per heavy atom. The van der Waals surface area contributed by atoms with Crippen LogP contribution in [0.4, 0.5) is 5.13 Å². The molecule has 2 N–H and O–H groups in total. The van der Waals surface area contributed by atoms with Gasteiger partial charge in [-0.2, -0.15) is 0 Å². The van der Waals surface area contributed by atoms with E-state index in [2.05, 4.69) is 15.6 Å². The first-order chi connectivity index (χ1) is 10.2. The maximum Gasteiger partial charge on any atom is 0.228 e. The minimum absolute atomic E-state index is 0. The summed E-state index contributed by atoms with van der Waals surface area (Å²) in [7, 11) is 0. The van der Waals surface area contributed by atoms with Crippen LogP contribution >= 0.6 is 36.2 Å². The lowest BCUT2D eigenvalue weighted by Gasteiger charge is -2.23. The second-order valence-electron chi connectivity index (χ2n) is 5.56. The predicted molar refractivity (Wildman–Crippen MR) is 95.9 cm³/mol. The zero-order chi connectivity index (χ0) is 14.7. The Bertz CT molecular complexity index is 535. The molecule has 0 radical (unpaired) electrons. The van der Waals surface area contributed by atoms with Crippen molar-refractivity contribution in [3.05, 3.63) is 11.1 Å². The summed E-state index contributed by atoms with van der Waals surface area (Å²) >= 11 is 1.44. The van der Waals surface area contributed by atoms with Gasteiger partial charge in [0.1, 0.15) is 0 Å². The number of carbonyl (C=O) groups excluding carboxylic acids is 2. The van der Waals surface area contributed by atoms with E-state index in [1.165, 1.54) is 11.3 Å². The Balaban J connectivity index is 0.00000132. The van der Waals surface area contributed by atoms with Crippen LogP contribution in [0.5, 0.6) is 0 Å². The molecule has 1 aromatic rings. The number of anilines is 1. The molecule has 6 nitrogen and oxygen atoms in total. The molecule has 0 bridgehead atoms. The van der Waals surface area contributed by atoms with Crippen LogP contribution in [-0.2, 0) is 16.0 Å². The minimum Gasteiger partial charge on any atom is -0.352 e. The summed E-state index contributed by atoms with van der Waals surface area (Å²) in [6.45, 7) is 2.62. The fraction of sp³-hybridized carbons (Fsp3) is 0.643. The number of hydrogen-bond donors (Lipinski definition) is 2. The standard InChI is InChI=1S/C14H20N4O2S.2ClH/c19-12(16-10-3-1-5-15-8-10)7-11-9-21-14(17-11)18-6-2-4-13(18)20;;/h9-10,15H,1-8H2,(H,16,19);2*1H. The largest absolute Gasteiger partial charge is 0.352 e. The molecule has 130 valence electrons. The maximum absolute atomic E-state index is 12.0. The zero-order valence-electron chi connectivity index (χ0n) is 12.7. The molecule has 9 heteroatoms. The molecule has 1 unspecified atom stereocenters. The summed E-state index contributed by atoms with van der Waals surface area (Å²) in [6.07, 6.45) is 3.91. The van der Waals surface area contributed by atoms with E-state index in [0.29, 0.717) is 6.42 Å². The Kier molecular flexibility index (Phi) is 8.25. The second kappa shape index (κ2) is 9.42. The molecular formula is C14H22Cl2N4O2S. The number of nitrogens with one attached hydrogen (secondary N) is 2. The van der Waals surface area contributed by atoms with Crippen molar-refractivity contribution in [2.45, 2.75) is 38.1 Å². The van der Waals surface area contributed by atoms with E-state index in [1.807, 2.05) is 5.38 Å².